The average Bonchev–Trinajstić information content (AvgIpc) is 0. The summed E-state index contributed by atoms with van der Waals surface area (Å²) in [6, 6.07) is 0. The van der Waals surface area contributed by atoms with Crippen LogP contribution in [0.25, 0.3) is 0 Å². The Kier molecular flexibility index (Phi) is 820. The SMILES string of the molecule is N.O.P.[LiH]. The van der Waals surface area contributed by atoms with Crippen LogP contribution >= 0.6 is 9.90 Å². The van der Waals surface area contributed by atoms with E-state index in [-0.39, 0.29) is 40.4 Å². The summed E-state index contributed by atoms with van der Waals surface area (Å²) >= 11 is 0. The van der Waals surface area contributed by atoms with Crippen LogP contribution in [-0.2, 0) is 0 Å². The summed E-state index contributed by atoms with van der Waals surface area (Å²) in [4.78, 5) is 0. The Hall–Kier alpha value is 0.947. The van der Waals surface area contributed by atoms with Crippen molar-refractivity contribution in [3.05, 3.63) is 0 Å². The third-order valence-electron chi connectivity index (χ3n) is 0. The van der Waals surface area contributed by atoms with Gasteiger partial charge in [0.1, 0.15) is 0 Å². The van der Waals surface area contributed by atoms with Crippen molar-refractivity contribution in [1.82, 2.24) is 6.15 Å². The van der Waals surface area contributed by atoms with Crippen LogP contribution in [0.5, 0.6) is 0 Å². The Morgan fingerprint density at radius 3 is 1.00 bits per heavy atom. The zero-order valence-corrected chi connectivity index (χ0v) is 3.33. The Bertz CT molecular complexity index is 8.00. The molecule has 0 spiro atoms. The van der Waals surface area contributed by atoms with Gasteiger partial charge in [-0.25, -0.2) is 0 Å². The summed E-state index contributed by atoms with van der Waals surface area (Å²) in [6.07, 6.45) is 0. The summed E-state index contributed by atoms with van der Waals surface area (Å²) in [5.41, 5.74) is 0. The van der Waals surface area contributed by atoms with Crippen molar-refractivity contribution in [2.45, 2.75) is 0 Å². The van der Waals surface area contributed by atoms with E-state index in [1.54, 1.807) is 0 Å². The van der Waals surface area contributed by atoms with Gasteiger partial charge in [0.15, 0.2) is 0 Å². The molecule has 26 valence electrons. The Labute approximate surface area is 41.0 Å². The van der Waals surface area contributed by atoms with E-state index in [9.17, 15) is 0 Å². The van der Waals surface area contributed by atoms with E-state index in [0.717, 1.165) is 0 Å². The second-order valence-electron chi connectivity index (χ2n) is 0. The average molecular weight is 77.0 g/mol. The first-order valence-corrected chi connectivity index (χ1v) is 0. The molecule has 0 saturated carbocycles. The van der Waals surface area contributed by atoms with Gasteiger partial charge in [-0.15, -0.1) is 0 Å². The van der Waals surface area contributed by atoms with Crippen molar-refractivity contribution >= 4 is 28.8 Å². The normalized spacial score (nSPS) is 0. The van der Waals surface area contributed by atoms with Crippen LogP contribution in [0, 0.1) is 0 Å². The molecule has 0 aromatic carbocycles. The molecule has 0 aliphatic carbocycles. The molecule has 5 N–H and O–H groups in total. The van der Waals surface area contributed by atoms with Crippen LogP contribution in [0.1, 0.15) is 0 Å². The molecule has 0 saturated heterocycles. The summed E-state index contributed by atoms with van der Waals surface area (Å²) in [7, 11) is 0. The number of hydrogen-bond acceptors (Lipinski definition) is 1. The zero-order chi connectivity index (χ0) is 0. The van der Waals surface area contributed by atoms with Gasteiger partial charge in [-0.3, -0.25) is 0 Å². The molecule has 0 heterocycles. The van der Waals surface area contributed by atoms with E-state index in [1.165, 1.54) is 0 Å². The van der Waals surface area contributed by atoms with E-state index in [4.69, 9.17) is 0 Å². The van der Waals surface area contributed by atoms with Crippen LogP contribution < -0.4 is 6.15 Å². The molecule has 1 unspecified atom stereocenters. The molecule has 1 atom stereocenters. The molecular weight excluding hydrogens is 67.9 g/mol. The molecule has 4 heteroatoms. The van der Waals surface area contributed by atoms with Gasteiger partial charge < -0.3 is 11.6 Å². The van der Waals surface area contributed by atoms with Gasteiger partial charge in [0.2, 0.25) is 0 Å². The zero-order valence-electron chi connectivity index (χ0n) is 1.91. The van der Waals surface area contributed by atoms with E-state index in [2.05, 4.69) is 0 Å². The molecule has 0 aromatic heterocycles. The summed E-state index contributed by atoms with van der Waals surface area (Å²) in [5.74, 6) is 0. The van der Waals surface area contributed by atoms with Crippen molar-refractivity contribution in [3.8, 4) is 0 Å². The molecule has 0 rings (SSSR count). The summed E-state index contributed by atoms with van der Waals surface area (Å²) in [5, 5.41) is 0. The van der Waals surface area contributed by atoms with E-state index in [0.29, 0.717) is 0 Å². The number of hydrogen-bond donors (Lipinski definition) is 1. The predicted octanol–water partition coefficient (Wildman–Crippen LogP) is -1.25. The molecule has 0 aliphatic heterocycles. The fourth-order valence-electron chi connectivity index (χ4n) is 0. The molecule has 0 bridgehead atoms. The van der Waals surface area contributed by atoms with Crippen molar-refractivity contribution in [2.24, 2.45) is 0 Å². The molecule has 4 heavy (non-hydrogen) atoms. The van der Waals surface area contributed by atoms with Crippen molar-refractivity contribution in [2.75, 3.05) is 0 Å². The summed E-state index contributed by atoms with van der Waals surface area (Å²) < 4.78 is 0. The third kappa shape index (κ3) is 12.5. The van der Waals surface area contributed by atoms with Crippen LogP contribution in [0.2, 0.25) is 0 Å². The van der Waals surface area contributed by atoms with E-state index in [1.807, 2.05) is 0 Å². The van der Waals surface area contributed by atoms with Crippen LogP contribution in [0.4, 0.5) is 0 Å². The van der Waals surface area contributed by atoms with E-state index >= 15 is 0 Å². The van der Waals surface area contributed by atoms with Gasteiger partial charge in [-0.2, -0.15) is 9.90 Å². The predicted molar refractivity (Wildman–Crippen MR) is 26.9 cm³/mol. The Balaban J connectivity index is 0. The number of rotatable bonds is 0. The fraction of sp³-hybridized carbons (Fsp3) is 0. The molecule has 0 fully saturated rings. The minimum absolute atomic E-state index is 0. The van der Waals surface area contributed by atoms with Crippen LogP contribution in [-0.4, -0.2) is 24.3 Å². The quantitative estimate of drug-likeness (QED) is 0.285. The summed E-state index contributed by atoms with van der Waals surface area (Å²) in [6.45, 7) is 0. The van der Waals surface area contributed by atoms with Crippen molar-refractivity contribution in [1.29, 1.82) is 0 Å². The van der Waals surface area contributed by atoms with Gasteiger partial charge >= 0.3 is 18.9 Å². The van der Waals surface area contributed by atoms with Gasteiger partial charge in [0.25, 0.3) is 0 Å². The van der Waals surface area contributed by atoms with Crippen LogP contribution in [0.15, 0.2) is 0 Å². The Morgan fingerprint density at radius 1 is 1.00 bits per heavy atom. The monoisotopic (exact) mass is 77.1 g/mol. The second kappa shape index (κ2) is 38.2. The standard InChI is InChI=1S/Li.H3N.H2O.H3P.H/h;1H3;1H2;1H3;. The van der Waals surface area contributed by atoms with Crippen molar-refractivity contribution < 1.29 is 5.48 Å². The molecule has 0 aliphatic rings. The first-order valence-electron chi connectivity index (χ1n) is 0. The molecule has 0 aromatic rings. The minimum atomic E-state index is 0. The maximum absolute atomic E-state index is 0. The van der Waals surface area contributed by atoms with Gasteiger partial charge in [0.05, 0.1) is 0 Å². The van der Waals surface area contributed by atoms with Gasteiger partial charge in [-0.1, -0.05) is 0 Å². The van der Waals surface area contributed by atoms with Crippen molar-refractivity contribution in [3.63, 3.8) is 0 Å². The van der Waals surface area contributed by atoms with Gasteiger partial charge in [0, 0.05) is 0 Å². The molecule has 0 amide bonds. The molecule has 0 radical (unpaired) electrons. The first kappa shape index (κ1) is 85.9. The molecule has 2 nitrogen and oxygen atoms in total. The Morgan fingerprint density at radius 2 is 1.00 bits per heavy atom. The topological polar surface area (TPSA) is 66.5 Å². The first-order chi connectivity index (χ1) is 0. The van der Waals surface area contributed by atoms with Gasteiger partial charge in [-0.05, 0) is 0 Å². The van der Waals surface area contributed by atoms with Crippen LogP contribution in [0.3, 0.4) is 0 Å². The maximum atomic E-state index is 0. The third-order valence-corrected chi connectivity index (χ3v) is 0. The molecular formula is H9LiNOP. The fourth-order valence-corrected chi connectivity index (χ4v) is 0. The van der Waals surface area contributed by atoms with E-state index < -0.39 is 0 Å². The second-order valence-corrected chi connectivity index (χ2v) is 0.